The van der Waals surface area contributed by atoms with Gasteiger partial charge in [-0.2, -0.15) is 0 Å². The zero-order valence-corrected chi connectivity index (χ0v) is 7.50. The summed E-state index contributed by atoms with van der Waals surface area (Å²) in [6, 6.07) is 0. The molecule has 0 fully saturated rings. The Balaban J connectivity index is 2.45. The highest BCUT2D eigenvalue weighted by Crippen LogP contribution is 1.31. The predicted octanol–water partition coefficient (Wildman–Crippen LogP) is -3.01. The molecule has 0 aliphatic rings. The number of nitrogens with one attached hydrogen (secondary N) is 3. The summed E-state index contributed by atoms with van der Waals surface area (Å²) in [5.74, 6) is 0. The maximum Gasteiger partial charge on any atom is 0.230 e. The molecule has 0 heterocycles. The Labute approximate surface area is 55.0 Å². The van der Waals surface area contributed by atoms with Gasteiger partial charge in [-0.15, -0.1) is 0 Å². The first-order valence-electron chi connectivity index (χ1n) is 1.50. The summed E-state index contributed by atoms with van der Waals surface area (Å²) in [5.41, 5.74) is 0. The van der Waals surface area contributed by atoms with Gasteiger partial charge in [0.2, 0.25) is 19.7 Å². The van der Waals surface area contributed by atoms with Crippen molar-refractivity contribution in [2.45, 2.75) is 0 Å². The summed E-state index contributed by atoms with van der Waals surface area (Å²) < 4.78 is 8.56. The fourth-order valence-corrected chi connectivity index (χ4v) is 1.97. The van der Waals surface area contributed by atoms with Crippen molar-refractivity contribution in [2.24, 2.45) is 0 Å². The lowest BCUT2D eigenvalue weighted by molar-refractivity contribution is 1.39. The van der Waals surface area contributed by atoms with E-state index < -0.39 is 0 Å². The van der Waals surface area contributed by atoms with E-state index in [1.165, 1.54) is 0 Å². The average Bonchev–Trinajstić information content (AvgIpc) is 1.69. The Morgan fingerprint density at radius 3 is 1.71 bits per heavy atom. The molecule has 3 nitrogen and oxygen atoms in total. The molecule has 10 radical (unpaired) electrons. The highest BCUT2D eigenvalue weighted by atomic mass is 28.3. The smallest absolute Gasteiger partial charge is 0.230 e. The van der Waals surface area contributed by atoms with Gasteiger partial charge in [-0.25, -0.2) is 0 Å². The third kappa shape index (κ3) is 6.75. The molecule has 0 bridgehead atoms. The van der Waals surface area contributed by atoms with Crippen LogP contribution in [0.3, 0.4) is 0 Å². The molecular formula is H3N3Si4. The molecule has 0 rings (SSSR count). The van der Waals surface area contributed by atoms with Crippen molar-refractivity contribution in [1.82, 2.24) is 13.9 Å². The van der Waals surface area contributed by atoms with E-state index in [9.17, 15) is 0 Å². The van der Waals surface area contributed by atoms with Gasteiger partial charge in [0.1, 0.15) is 20.8 Å². The molecule has 7 heavy (non-hydrogen) atoms. The quantitative estimate of drug-likeness (QED) is 0.301. The van der Waals surface area contributed by atoms with Gasteiger partial charge in [0.05, 0.1) is 0 Å². The number of rotatable bonds is 4. The maximum absolute atomic E-state index is 3.08. The number of hydrogen-bond donors (Lipinski definition) is 3. The van der Waals surface area contributed by atoms with Crippen LogP contribution in [0, 0.1) is 0 Å². The lowest BCUT2D eigenvalue weighted by Gasteiger charge is -1.93. The van der Waals surface area contributed by atoms with E-state index in [1.54, 1.807) is 0 Å². The SMILES string of the molecule is [Si]N[Si]N[Si]N[Si]. The van der Waals surface area contributed by atoms with Crippen LogP contribution >= 0.6 is 0 Å². The molecule has 7 heteroatoms. The zero-order valence-electron chi connectivity index (χ0n) is 3.50. The minimum absolute atomic E-state index is 0.554. The van der Waals surface area contributed by atoms with Crippen molar-refractivity contribution < 1.29 is 0 Å². The highest BCUT2D eigenvalue weighted by Gasteiger charge is 1.81. The van der Waals surface area contributed by atoms with Gasteiger partial charge < -0.3 is 13.9 Å². The number of hydrogen-bond acceptors (Lipinski definition) is 3. The zero-order chi connectivity index (χ0) is 5.54. The summed E-state index contributed by atoms with van der Waals surface area (Å²) in [5, 5.41) is 0. The van der Waals surface area contributed by atoms with E-state index in [4.69, 9.17) is 0 Å². The molecule has 0 saturated carbocycles. The second kappa shape index (κ2) is 6.75. The molecule has 0 aliphatic carbocycles. The Bertz CT molecular complexity index is 26.1. The second-order valence-electron chi connectivity index (χ2n) is 0.625. The van der Waals surface area contributed by atoms with Crippen LogP contribution < -0.4 is 13.9 Å². The van der Waals surface area contributed by atoms with Crippen molar-refractivity contribution >= 4 is 40.5 Å². The second-order valence-corrected chi connectivity index (χ2v) is 4.12. The van der Waals surface area contributed by atoms with Crippen LogP contribution in [-0.4, -0.2) is 40.5 Å². The minimum Gasteiger partial charge on any atom is -0.352 e. The summed E-state index contributed by atoms with van der Waals surface area (Å²) in [6.07, 6.45) is 0. The highest BCUT2D eigenvalue weighted by molar-refractivity contribution is 6.54. The van der Waals surface area contributed by atoms with Crippen molar-refractivity contribution in [2.75, 3.05) is 0 Å². The Kier molecular flexibility index (Phi) is 7.47. The summed E-state index contributed by atoms with van der Waals surface area (Å²) >= 11 is 0. The molecule has 0 unspecified atom stereocenters. The normalized spacial score (nSPS) is 9.43. The van der Waals surface area contributed by atoms with E-state index in [0.29, 0.717) is 19.7 Å². The molecule has 0 aromatic rings. The van der Waals surface area contributed by atoms with E-state index in [-0.39, 0.29) is 0 Å². The average molecular weight is 157 g/mol. The fraction of sp³-hybridized carbons (Fsp3) is 0. The lowest BCUT2D eigenvalue weighted by Crippen LogP contribution is -2.40. The van der Waals surface area contributed by atoms with E-state index in [0.717, 1.165) is 0 Å². The predicted molar refractivity (Wildman–Crippen MR) is 32.4 cm³/mol. The Morgan fingerprint density at radius 2 is 1.43 bits per heavy atom. The van der Waals surface area contributed by atoms with Gasteiger partial charge >= 0.3 is 0 Å². The largest absolute Gasteiger partial charge is 0.352 e. The molecule has 0 aromatic carbocycles. The van der Waals surface area contributed by atoms with Gasteiger partial charge in [0.25, 0.3) is 0 Å². The molecule has 0 spiro atoms. The third-order valence-corrected chi connectivity index (χ3v) is 2.25. The van der Waals surface area contributed by atoms with Crippen molar-refractivity contribution in [3.8, 4) is 0 Å². The molecule has 0 aliphatic heterocycles. The summed E-state index contributed by atoms with van der Waals surface area (Å²) in [4.78, 5) is 0. The van der Waals surface area contributed by atoms with Crippen LogP contribution in [-0.2, 0) is 0 Å². The fourth-order valence-electron chi connectivity index (χ4n) is 0.0938. The third-order valence-electron chi connectivity index (χ3n) is 0.250. The van der Waals surface area contributed by atoms with Gasteiger partial charge in [-0.05, 0) is 0 Å². The van der Waals surface area contributed by atoms with E-state index in [1.807, 2.05) is 0 Å². The minimum atomic E-state index is 0.554. The maximum atomic E-state index is 3.08. The van der Waals surface area contributed by atoms with Gasteiger partial charge in [0.15, 0.2) is 0 Å². The molecular weight excluding hydrogens is 154 g/mol. The standard InChI is InChI=1S/H3N3Si4/c4-1-6-3-7-2-5/h1-3H. The van der Waals surface area contributed by atoms with Gasteiger partial charge in [0, 0.05) is 0 Å². The molecule has 0 atom stereocenters. The Hall–Kier alpha value is 0.748. The summed E-state index contributed by atoms with van der Waals surface area (Å²) in [6.45, 7) is 0. The van der Waals surface area contributed by atoms with Crippen LogP contribution in [0.25, 0.3) is 0 Å². The topological polar surface area (TPSA) is 36.1 Å². The molecule has 3 N–H and O–H groups in total. The van der Waals surface area contributed by atoms with Crippen LogP contribution in [0.2, 0.25) is 0 Å². The van der Waals surface area contributed by atoms with Crippen molar-refractivity contribution in [3.05, 3.63) is 0 Å². The van der Waals surface area contributed by atoms with Crippen LogP contribution in [0.5, 0.6) is 0 Å². The molecule has 0 saturated heterocycles. The molecule has 0 amide bonds. The molecule has 34 valence electrons. The summed E-state index contributed by atoms with van der Waals surface area (Å²) in [7, 11) is 7.27. The first-order valence-corrected chi connectivity index (χ1v) is 4.50. The first kappa shape index (κ1) is 7.75. The molecule has 0 aromatic heterocycles. The van der Waals surface area contributed by atoms with Crippen LogP contribution in [0.15, 0.2) is 0 Å². The van der Waals surface area contributed by atoms with Gasteiger partial charge in [-0.1, -0.05) is 0 Å². The van der Waals surface area contributed by atoms with E-state index >= 15 is 0 Å². The van der Waals surface area contributed by atoms with Crippen molar-refractivity contribution in [3.63, 3.8) is 0 Å². The van der Waals surface area contributed by atoms with Crippen LogP contribution in [0.4, 0.5) is 0 Å². The van der Waals surface area contributed by atoms with E-state index in [2.05, 4.69) is 34.8 Å². The van der Waals surface area contributed by atoms with Gasteiger partial charge in [-0.3, -0.25) is 0 Å². The van der Waals surface area contributed by atoms with Crippen LogP contribution in [0.1, 0.15) is 0 Å². The first-order chi connectivity index (χ1) is 3.41. The van der Waals surface area contributed by atoms with Crippen molar-refractivity contribution in [1.29, 1.82) is 0 Å². The monoisotopic (exact) mass is 157 g/mol. The lowest BCUT2D eigenvalue weighted by atomic mass is 13.8. The Morgan fingerprint density at radius 1 is 1.00 bits per heavy atom.